The van der Waals surface area contributed by atoms with E-state index in [1.165, 1.54) is 12.1 Å². The monoisotopic (exact) mass is 271 g/mol. The molecule has 1 aromatic carbocycles. The summed E-state index contributed by atoms with van der Waals surface area (Å²) >= 11 is 0. The summed E-state index contributed by atoms with van der Waals surface area (Å²) in [6.07, 6.45) is 1.81. The van der Waals surface area contributed by atoms with Crippen molar-refractivity contribution in [1.29, 1.82) is 0 Å². The fourth-order valence-corrected chi connectivity index (χ4v) is 2.52. The summed E-state index contributed by atoms with van der Waals surface area (Å²) in [5.41, 5.74) is 1.23. The molecule has 0 bridgehead atoms. The number of aromatic nitrogens is 2. The van der Waals surface area contributed by atoms with E-state index < -0.39 is 0 Å². The van der Waals surface area contributed by atoms with Gasteiger partial charge in [0.25, 0.3) is 0 Å². The summed E-state index contributed by atoms with van der Waals surface area (Å²) in [6.45, 7) is 1.80. The van der Waals surface area contributed by atoms with Gasteiger partial charge in [-0.1, -0.05) is 0 Å². The first-order valence-corrected chi connectivity index (χ1v) is 5.86. The van der Waals surface area contributed by atoms with Gasteiger partial charge in [0, 0.05) is 6.04 Å². The molecule has 1 saturated heterocycles. The average Bonchev–Trinajstić information content (AvgIpc) is 2.65. The van der Waals surface area contributed by atoms with Crippen molar-refractivity contribution in [2.24, 2.45) is 0 Å². The third-order valence-electron chi connectivity index (χ3n) is 3.35. The minimum atomic E-state index is -0.306. The second-order valence-corrected chi connectivity index (χ2v) is 4.44. The number of fused-ring (bicyclic) bond motifs is 1. The molecule has 0 saturated carbocycles. The SMILES string of the molecule is Cl.O=c1[nH]c2ccc(F)cc2n1C1CCNCC1. The second-order valence-electron chi connectivity index (χ2n) is 4.44. The first kappa shape index (κ1) is 13.1. The Kier molecular flexibility index (Phi) is 3.73. The number of aromatic amines is 1. The van der Waals surface area contributed by atoms with Crippen LogP contribution in [0.1, 0.15) is 18.9 Å². The Morgan fingerprint density at radius 1 is 1.28 bits per heavy atom. The zero-order chi connectivity index (χ0) is 11.8. The number of rotatable bonds is 1. The molecular formula is C12H15ClFN3O. The van der Waals surface area contributed by atoms with Crippen molar-refractivity contribution in [2.75, 3.05) is 13.1 Å². The van der Waals surface area contributed by atoms with Crippen molar-refractivity contribution in [3.05, 3.63) is 34.5 Å². The molecule has 18 heavy (non-hydrogen) atoms. The minimum Gasteiger partial charge on any atom is -0.317 e. The largest absolute Gasteiger partial charge is 0.326 e. The van der Waals surface area contributed by atoms with Crippen LogP contribution in [0.25, 0.3) is 11.0 Å². The Hall–Kier alpha value is -1.33. The fourth-order valence-electron chi connectivity index (χ4n) is 2.52. The number of hydrogen-bond donors (Lipinski definition) is 2. The van der Waals surface area contributed by atoms with Gasteiger partial charge in [-0.2, -0.15) is 0 Å². The van der Waals surface area contributed by atoms with E-state index in [2.05, 4.69) is 10.3 Å². The molecule has 1 aromatic heterocycles. The van der Waals surface area contributed by atoms with Crippen LogP contribution >= 0.6 is 12.4 Å². The van der Waals surface area contributed by atoms with Gasteiger partial charge in [-0.05, 0) is 44.1 Å². The van der Waals surface area contributed by atoms with Crippen LogP contribution in [0.4, 0.5) is 4.39 Å². The molecule has 98 valence electrons. The lowest BCUT2D eigenvalue weighted by Gasteiger charge is -2.23. The third-order valence-corrected chi connectivity index (χ3v) is 3.35. The van der Waals surface area contributed by atoms with Crippen molar-refractivity contribution in [3.63, 3.8) is 0 Å². The lowest BCUT2D eigenvalue weighted by Crippen LogP contribution is -2.33. The van der Waals surface area contributed by atoms with E-state index in [9.17, 15) is 9.18 Å². The number of halogens is 2. The molecule has 2 heterocycles. The van der Waals surface area contributed by atoms with Gasteiger partial charge in [0.15, 0.2) is 0 Å². The van der Waals surface area contributed by atoms with Gasteiger partial charge < -0.3 is 10.3 Å². The number of benzene rings is 1. The Labute approximate surface area is 110 Å². The third kappa shape index (κ3) is 2.15. The summed E-state index contributed by atoms with van der Waals surface area (Å²) < 4.78 is 14.9. The second kappa shape index (κ2) is 5.12. The highest BCUT2D eigenvalue weighted by molar-refractivity contribution is 5.85. The van der Waals surface area contributed by atoms with Crippen molar-refractivity contribution >= 4 is 23.4 Å². The smallest absolute Gasteiger partial charge is 0.317 e. The topological polar surface area (TPSA) is 49.8 Å². The quantitative estimate of drug-likeness (QED) is 0.831. The molecule has 4 nitrogen and oxygen atoms in total. The molecule has 2 aromatic rings. The maximum Gasteiger partial charge on any atom is 0.326 e. The van der Waals surface area contributed by atoms with Gasteiger partial charge in [0.1, 0.15) is 5.82 Å². The molecule has 0 spiro atoms. The summed E-state index contributed by atoms with van der Waals surface area (Å²) in [5, 5.41) is 3.26. The average molecular weight is 272 g/mol. The van der Waals surface area contributed by atoms with Gasteiger partial charge in [-0.15, -0.1) is 12.4 Å². The normalized spacial score (nSPS) is 16.7. The Morgan fingerprint density at radius 2 is 2.00 bits per heavy atom. The predicted molar refractivity (Wildman–Crippen MR) is 70.9 cm³/mol. The van der Waals surface area contributed by atoms with Crippen molar-refractivity contribution in [3.8, 4) is 0 Å². The molecule has 6 heteroatoms. The van der Waals surface area contributed by atoms with E-state index in [0.29, 0.717) is 11.0 Å². The standard InChI is InChI=1S/C12H14FN3O.ClH/c13-8-1-2-10-11(7-8)16(12(17)15-10)9-3-5-14-6-4-9;/h1-2,7,9,14H,3-6H2,(H,15,17);1H. The van der Waals surface area contributed by atoms with Gasteiger partial charge in [0.2, 0.25) is 0 Å². The highest BCUT2D eigenvalue weighted by atomic mass is 35.5. The number of nitrogens with zero attached hydrogens (tertiary/aromatic N) is 1. The van der Waals surface area contributed by atoms with Gasteiger partial charge >= 0.3 is 5.69 Å². The molecular weight excluding hydrogens is 257 g/mol. The molecule has 2 N–H and O–H groups in total. The number of imidazole rings is 1. The summed E-state index contributed by atoms with van der Waals surface area (Å²) in [7, 11) is 0. The van der Waals surface area contributed by atoms with Gasteiger partial charge in [-0.3, -0.25) is 4.57 Å². The highest BCUT2D eigenvalue weighted by Crippen LogP contribution is 2.22. The summed E-state index contributed by atoms with van der Waals surface area (Å²) in [4.78, 5) is 14.7. The molecule has 0 atom stereocenters. The number of H-pyrrole nitrogens is 1. The molecule has 3 rings (SSSR count). The molecule has 0 radical (unpaired) electrons. The van der Waals surface area contributed by atoms with Crippen LogP contribution in [0.3, 0.4) is 0 Å². The number of hydrogen-bond acceptors (Lipinski definition) is 2. The van der Waals surface area contributed by atoms with E-state index in [1.807, 2.05) is 0 Å². The minimum absolute atomic E-state index is 0. The Morgan fingerprint density at radius 3 is 2.72 bits per heavy atom. The molecule has 0 aliphatic carbocycles. The van der Waals surface area contributed by atoms with Crippen molar-refractivity contribution in [1.82, 2.24) is 14.9 Å². The fraction of sp³-hybridized carbons (Fsp3) is 0.417. The van der Waals surface area contributed by atoms with E-state index in [0.717, 1.165) is 25.9 Å². The first-order valence-electron chi connectivity index (χ1n) is 5.86. The highest BCUT2D eigenvalue weighted by Gasteiger charge is 2.19. The number of piperidine rings is 1. The van der Waals surface area contributed by atoms with Crippen LogP contribution < -0.4 is 11.0 Å². The van der Waals surface area contributed by atoms with Crippen LogP contribution in [0, 0.1) is 5.82 Å². The van der Waals surface area contributed by atoms with E-state index in [-0.39, 0.29) is 30.0 Å². The van der Waals surface area contributed by atoms with Crippen LogP contribution in [-0.2, 0) is 0 Å². The number of nitrogens with one attached hydrogen (secondary N) is 2. The lowest BCUT2D eigenvalue weighted by molar-refractivity contribution is 0.368. The Balaban J connectivity index is 0.00000120. The van der Waals surface area contributed by atoms with Gasteiger partial charge in [-0.25, -0.2) is 9.18 Å². The lowest BCUT2D eigenvalue weighted by atomic mass is 10.1. The Bertz CT molecular complexity index is 601. The van der Waals surface area contributed by atoms with Crippen molar-refractivity contribution in [2.45, 2.75) is 18.9 Å². The van der Waals surface area contributed by atoms with Crippen molar-refractivity contribution < 1.29 is 4.39 Å². The van der Waals surface area contributed by atoms with Gasteiger partial charge in [0.05, 0.1) is 11.0 Å². The predicted octanol–water partition coefficient (Wildman–Crippen LogP) is 1.81. The van der Waals surface area contributed by atoms with Crippen LogP contribution in [0.2, 0.25) is 0 Å². The molecule has 1 aliphatic rings. The maximum absolute atomic E-state index is 13.3. The van der Waals surface area contributed by atoms with Crippen LogP contribution in [-0.4, -0.2) is 22.6 Å². The summed E-state index contributed by atoms with van der Waals surface area (Å²) in [6, 6.07) is 4.57. The zero-order valence-corrected chi connectivity index (χ0v) is 10.6. The molecule has 1 fully saturated rings. The first-order chi connectivity index (χ1) is 8.25. The molecule has 1 aliphatic heterocycles. The molecule has 0 amide bonds. The van der Waals surface area contributed by atoms with E-state index in [1.54, 1.807) is 10.6 Å². The zero-order valence-electron chi connectivity index (χ0n) is 9.78. The molecule has 0 unspecified atom stereocenters. The summed E-state index contributed by atoms with van der Waals surface area (Å²) in [5.74, 6) is -0.306. The van der Waals surface area contributed by atoms with E-state index >= 15 is 0 Å². The van der Waals surface area contributed by atoms with Crippen LogP contribution in [0.5, 0.6) is 0 Å². The van der Waals surface area contributed by atoms with E-state index in [4.69, 9.17) is 0 Å². The maximum atomic E-state index is 13.3. The van der Waals surface area contributed by atoms with Crippen LogP contribution in [0.15, 0.2) is 23.0 Å².